The summed E-state index contributed by atoms with van der Waals surface area (Å²) in [5.41, 5.74) is 0.890. The fourth-order valence-electron chi connectivity index (χ4n) is 1.48. The van der Waals surface area contributed by atoms with E-state index in [-0.39, 0.29) is 5.56 Å². The van der Waals surface area contributed by atoms with Crippen molar-refractivity contribution in [1.29, 1.82) is 0 Å². The Hall–Kier alpha value is -1.39. The quantitative estimate of drug-likeness (QED) is 0.897. The standard InChI is InChI=1S/C11H10ClFN2O/c1-14-5-9-11(16-6-15-9)10-7(12)3-2-4-8(10)13/h2-4,6,14H,5H2,1H3. The molecule has 0 saturated carbocycles. The van der Waals surface area contributed by atoms with Crippen molar-refractivity contribution in [2.45, 2.75) is 6.54 Å². The number of aromatic nitrogens is 1. The summed E-state index contributed by atoms with van der Waals surface area (Å²) >= 11 is 5.94. The maximum atomic E-state index is 13.6. The number of nitrogens with one attached hydrogen (secondary N) is 1. The molecule has 0 radical (unpaired) electrons. The summed E-state index contributed by atoms with van der Waals surface area (Å²) in [4.78, 5) is 4.01. The van der Waals surface area contributed by atoms with Gasteiger partial charge in [-0.15, -0.1) is 0 Å². The summed E-state index contributed by atoms with van der Waals surface area (Å²) in [6, 6.07) is 4.51. The van der Waals surface area contributed by atoms with Crippen LogP contribution in [0.5, 0.6) is 0 Å². The molecule has 0 atom stereocenters. The van der Waals surface area contributed by atoms with E-state index in [0.717, 1.165) is 0 Å². The Labute approximate surface area is 97.3 Å². The van der Waals surface area contributed by atoms with Crippen LogP contribution in [0.25, 0.3) is 11.3 Å². The van der Waals surface area contributed by atoms with Gasteiger partial charge in [-0.2, -0.15) is 0 Å². The highest BCUT2D eigenvalue weighted by molar-refractivity contribution is 6.33. The van der Waals surface area contributed by atoms with Gasteiger partial charge in [-0.25, -0.2) is 9.37 Å². The molecule has 1 aromatic heterocycles. The minimum Gasteiger partial charge on any atom is -0.443 e. The number of benzene rings is 1. The van der Waals surface area contributed by atoms with Crippen LogP contribution in [0.3, 0.4) is 0 Å². The van der Waals surface area contributed by atoms with Gasteiger partial charge in [0.15, 0.2) is 12.2 Å². The molecular formula is C11H10ClFN2O. The van der Waals surface area contributed by atoms with E-state index in [2.05, 4.69) is 10.3 Å². The molecule has 2 rings (SSSR count). The molecule has 3 nitrogen and oxygen atoms in total. The summed E-state index contributed by atoms with van der Waals surface area (Å²) in [6.45, 7) is 0.497. The van der Waals surface area contributed by atoms with Crippen molar-refractivity contribution in [2.75, 3.05) is 7.05 Å². The lowest BCUT2D eigenvalue weighted by molar-refractivity contribution is 0.559. The van der Waals surface area contributed by atoms with Gasteiger partial charge in [0.05, 0.1) is 10.6 Å². The van der Waals surface area contributed by atoms with Gasteiger partial charge in [0.1, 0.15) is 11.5 Å². The second-order valence-electron chi connectivity index (χ2n) is 3.26. The number of rotatable bonds is 3. The highest BCUT2D eigenvalue weighted by Crippen LogP contribution is 2.32. The number of nitrogens with zero attached hydrogens (tertiary/aromatic N) is 1. The molecule has 0 aliphatic carbocycles. The molecule has 2 aromatic rings. The fourth-order valence-corrected chi connectivity index (χ4v) is 1.73. The summed E-state index contributed by atoms with van der Waals surface area (Å²) in [5, 5.41) is 3.25. The average molecular weight is 241 g/mol. The number of hydrogen-bond donors (Lipinski definition) is 1. The van der Waals surface area contributed by atoms with Gasteiger partial charge in [0, 0.05) is 6.54 Å². The average Bonchev–Trinajstić information content (AvgIpc) is 2.67. The molecule has 1 N–H and O–H groups in total. The van der Waals surface area contributed by atoms with Crippen LogP contribution in [0, 0.1) is 5.82 Å². The zero-order valence-corrected chi connectivity index (χ0v) is 9.38. The van der Waals surface area contributed by atoms with Crippen LogP contribution in [0.2, 0.25) is 5.02 Å². The minimum atomic E-state index is -0.415. The third-order valence-corrected chi connectivity index (χ3v) is 2.49. The number of oxazole rings is 1. The van der Waals surface area contributed by atoms with Crippen LogP contribution in [-0.4, -0.2) is 12.0 Å². The third kappa shape index (κ3) is 1.94. The SMILES string of the molecule is CNCc1ncoc1-c1c(F)cccc1Cl. The monoisotopic (exact) mass is 240 g/mol. The molecule has 1 aromatic carbocycles. The highest BCUT2D eigenvalue weighted by Gasteiger charge is 2.17. The van der Waals surface area contributed by atoms with E-state index in [4.69, 9.17) is 16.0 Å². The molecule has 0 fully saturated rings. The summed E-state index contributed by atoms with van der Waals surface area (Å²) < 4.78 is 18.8. The minimum absolute atomic E-state index is 0.256. The van der Waals surface area contributed by atoms with Gasteiger partial charge in [-0.1, -0.05) is 17.7 Å². The summed E-state index contributed by atoms with van der Waals surface area (Å²) in [7, 11) is 1.78. The van der Waals surface area contributed by atoms with Crippen LogP contribution in [-0.2, 0) is 6.54 Å². The van der Waals surface area contributed by atoms with Crippen LogP contribution < -0.4 is 5.32 Å². The smallest absolute Gasteiger partial charge is 0.181 e. The Morgan fingerprint density at radius 2 is 2.31 bits per heavy atom. The molecule has 1 heterocycles. The molecule has 5 heteroatoms. The second kappa shape index (κ2) is 4.63. The molecule has 84 valence electrons. The Bertz CT molecular complexity index is 478. The largest absolute Gasteiger partial charge is 0.443 e. The number of halogens is 2. The maximum absolute atomic E-state index is 13.6. The Kier molecular flexibility index (Phi) is 3.22. The Balaban J connectivity index is 2.54. The molecule has 0 unspecified atom stereocenters. The third-order valence-electron chi connectivity index (χ3n) is 2.18. The fraction of sp³-hybridized carbons (Fsp3) is 0.182. The van der Waals surface area contributed by atoms with Crippen LogP contribution in [0.4, 0.5) is 4.39 Å². The Morgan fingerprint density at radius 3 is 3.00 bits per heavy atom. The second-order valence-corrected chi connectivity index (χ2v) is 3.66. The first-order valence-electron chi connectivity index (χ1n) is 4.75. The normalized spacial score (nSPS) is 10.7. The van der Waals surface area contributed by atoms with E-state index in [9.17, 15) is 4.39 Å². The first kappa shape index (κ1) is 11.1. The number of hydrogen-bond acceptors (Lipinski definition) is 3. The summed E-state index contributed by atoms with van der Waals surface area (Å²) in [6.07, 6.45) is 1.28. The lowest BCUT2D eigenvalue weighted by Gasteiger charge is -2.04. The zero-order chi connectivity index (χ0) is 11.5. The van der Waals surface area contributed by atoms with Crippen molar-refractivity contribution < 1.29 is 8.81 Å². The first-order chi connectivity index (χ1) is 7.74. The van der Waals surface area contributed by atoms with Crippen molar-refractivity contribution in [1.82, 2.24) is 10.3 Å². The molecular weight excluding hydrogens is 231 g/mol. The Morgan fingerprint density at radius 1 is 1.50 bits per heavy atom. The molecule has 0 spiro atoms. The molecule has 16 heavy (non-hydrogen) atoms. The van der Waals surface area contributed by atoms with Crippen LogP contribution in [0.15, 0.2) is 29.0 Å². The predicted octanol–water partition coefficient (Wildman–Crippen LogP) is 2.85. The summed E-state index contributed by atoms with van der Waals surface area (Å²) in [5.74, 6) is -0.0425. The van der Waals surface area contributed by atoms with Gasteiger partial charge in [0.25, 0.3) is 0 Å². The molecule has 0 aliphatic heterocycles. The van der Waals surface area contributed by atoms with Crippen LogP contribution >= 0.6 is 11.6 Å². The van der Waals surface area contributed by atoms with E-state index in [1.165, 1.54) is 12.5 Å². The van der Waals surface area contributed by atoms with Crippen molar-refractivity contribution in [3.8, 4) is 11.3 Å². The van der Waals surface area contributed by atoms with E-state index in [0.29, 0.717) is 23.0 Å². The topological polar surface area (TPSA) is 38.1 Å². The van der Waals surface area contributed by atoms with Crippen molar-refractivity contribution in [2.24, 2.45) is 0 Å². The van der Waals surface area contributed by atoms with Gasteiger partial charge < -0.3 is 9.73 Å². The first-order valence-corrected chi connectivity index (χ1v) is 5.13. The highest BCUT2D eigenvalue weighted by atomic mass is 35.5. The van der Waals surface area contributed by atoms with Gasteiger partial charge in [-0.05, 0) is 19.2 Å². The molecule has 0 amide bonds. The molecule has 0 bridgehead atoms. The van der Waals surface area contributed by atoms with E-state index in [1.54, 1.807) is 19.2 Å². The molecule has 0 saturated heterocycles. The van der Waals surface area contributed by atoms with Crippen molar-refractivity contribution in [3.05, 3.63) is 41.1 Å². The van der Waals surface area contributed by atoms with Gasteiger partial charge in [-0.3, -0.25) is 0 Å². The van der Waals surface area contributed by atoms with Gasteiger partial charge in [0.2, 0.25) is 0 Å². The lowest BCUT2D eigenvalue weighted by atomic mass is 10.1. The zero-order valence-electron chi connectivity index (χ0n) is 8.63. The van der Waals surface area contributed by atoms with Crippen molar-refractivity contribution in [3.63, 3.8) is 0 Å². The van der Waals surface area contributed by atoms with Crippen molar-refractivity contribution >= 4 is 11.6 Å². The molecule has 0 aliphatic rings. The van der Waals surface area contributed by atoms with E-state index < -0.39 is 5.82 Å². The lowest BCUT2D eigenvalue weighted by Crippen LogP contribution is -2.06. The van der Waals surface area contributed by atoms with Crippen LogP contribution in [0.1, 0.15) is 5.69 Å². The maximum Gasteiger partial charge on any atom is 0.181 e. The predicted molar refractivity (Wildman–Crippen MR) is 59.7 cm³/mol. The van der Waals surface area contributed by atoms with E-state index in [1.807, 2.05) is 0 Å². The van der Waals surface area contributed by atoms with Gasteiger partial charge >= 0.3 is 0 Å². The van der Waals surface area contributed by atoms with E-state index >= 15 is 0 Å².